The van der Waals surface area contributed by atoms with E-state index in [4.69, 9.17) is 5.11 Å². The molecule has 0 heterocycles. The molecule has 16 heavy (non-hydrogen) atoms. The first kappa shape index (κ1) is 14.9. The van der Waals surface area contributed by atoms with Crippen molar-refractivity contribution in [3.05, 3.63) is 37.5 Å². The number of allylic oxidation sites excluding steroid dienone is 3. The molecule has 0 unspecified atom stereocenters. The van der Waals surface area contributed by atoms with Crippen LogP contribution in [0.3, 0.4) is 0 Å². The highest BCUT2D eigenvalue weighted by molar-refractivity contribution is 6.81. The molecule has 0 spiro atoms. The van der Waals surface area contributed by atoms with Gasteiger partial charge in [-0.3, -0.25) is 0 Å². The molecule has 0 bridgehead atoms. The van der Waals surface area contributed by atoms with Crippen LogP contribution in [-0.2, 0) is 4.79 Å². The van der Waals surface area contributed by atoms with Crippen LogP contribution in [0.4, 0.5) is 0 Å². The van der Waals surface area contributed by atoms with Crippen LogP contribution in [0, 0.1) is 0 Å². The number of hydrogen-bond acceptors (Lipinski definition) is 1. The summed E-state index contributed by atoms with van der Waals surface area (Å²) < 4.78 is 0. The number of carbonyl (C=O) groups is 1. The lowest BCUT2D eigenvalue weighted by Gasteiger charge is -2.28. The van der Waals surface area contributed by atoms with Gasteiger partial charge in [0.2, 0.25) is 0 Å². The fourth-order valence-corrected chi connectivity index (χ4v) is 6.12. The second-order valence-corrected chi connectivity index (χ2v) is 8.91. The molecular formula is C13H22O2Si. The van der Waals surface area contributed by atoms with Gasteiger partial charge in [-0.15, -0.1) is 13.2 Å². The zero-order valence-corrected chi connectivity index (χ0v) is 11.1. The maximum atomic E-state index is 10.4. The average Bonchev–Trinajstić information content (AvgIpc) is 2.18. The monoisotopic (exact) mass is 238 g/mol. The van der Waals surface area contributed by atoms with Crippen molar-refractivity contribution in [1.82, 2.24) is 0 Å². The summed E-state index contributed by atoms with van der Waals surface area (Å²) in [6.45, 7) is 9.80. The van der Waals surface area contributed by atoms with Crippen LogP contribution in [-0.4, -0.2) is 19.1 Å². The highest BCUT2D eigenvalue weighted by Crippen LogP contribution is 2.28. The second-order valence-electron chi connectivity index (χ2n) is 4.18. The van der Waals surface area contributed by atoms with E-state index in [0.29, 0.717) is 0 Å². The molecule has 90 valence electrons. The van der Waals surface area contributed by atoms with E-state index in [1.807, 2.05) is 12.2 Å². The zero-order valence-electron chi connectivity index (χ0n) is 10.1. The lowest BCUT2D eigenvalue weighted by Crippen LogP contribution is -2.31. The van der Waals surface area contributed by atoms with Crippen molar-refractivity contribution < 1.29 is 9.90 Å². The van der Waals surface area contributed by atoms with Crippen molar-refractivity contribution in [1.29, 1.82) is 0 Å². The van der Waals surface area contributed by atoms with Gasteiger partial charge < -0.3 is 5.11 Å². The Morgan fingerprint density at radius 3 is 2.19 bits per heavy atom. The minimum Gasteiger partial charge on any atom is -0.478 e. The minimum atomic E-state index is -1.45. The fraction of sp³-hybridized carbons (Fsp3) is 0.462. The van der Waals surface area contributed by atoms with Crippen molar-refractivity contribution in [2.24, 2.45) is 0 Å². The molecule has 0 fully saturated rings. The van der Waals surface area contributed by atoms with E-state index in [2.05, 4.69) is 20.1 Å². The molecule has 0 saturated heterocycles. The lowest BCUT2D eigenvalue weighted by atomic mass is 10.5. The van der Waals surface area contributed by atoms with Gasteiger partial charge in [0.25, 0.3) is 0 Å². The van der Waals surface area contributed by atoms with Crippen LogP contribution >= 0.6 is 0 Å². The highest BCUT2D eigenvalue weighted by atomic mass is 28.3. The summed E-state index contributed by atoms with van der Waals surface area (Å²) in [7, 11) is -1.45. The molecule has 1 N–H and O–H groups in total. The maximum Gasteiger partial charge on any atom is 0.327 e. The van der Waals surface area contributed by atoms with E-state index < -0.39 is 14.0 Å². The van der Waals surface area contributed by atoms with Crippen LogP contribution in [0.15, 0.2) is 37.5 Å². The van der Waals surface area contributed by atoms with E-state index in [1.54, 1.807) is 6.08 Å². The normalized spacial score (nSPS) is 11.6. The van der Waals surface area contributed by atoms with Crippen LogP contribution in [0.2, 0.25) is 24.2 Å². The molecule has 0 aliphatic rings. The first-order valence-corrected chi connectivity index (χ1v) is 8.54. The summed E-state index contributed by atoms with van der Waals surface area (Å²) in [5.41, 5.74) is 0. The molecule has 0 aliphatic carbocycles. The number of carboxylic acids is 1. The van der Waals surface area contributed by atoms with Gasteiger partial charge in [-0.05, 0) is 18.1 Å². The van der Waals surface area contributed by atoms with Crippen LogP contribution < -0.4 is 0 Å². The summed E-state index contributed by atoms with van der Waals surface area (Å²) in [6.07, 6.45) is 8.15. The molecule has 0 aliphatic heterocycles. The summed E-state index contributed by atoms with van der Waals surface area (Å²) in [5.74, 6) is -0.864. The van der Waals surface area contributed by atoms with Crippen molar-refractivity contribution in [3.8, 4) is 0 Å². The van der Waals surface area contributed by atoms with Gasteiger partial charge in [0, 0.05) is 6.08 Å². The number of rotatable bonds is 9. The lowest BCUT2D eigenvalue weighted by molar-refractivity contribution is -0.131. The Kier molecular flexibility index (Phi) is 7.55. The molecule has 0 saturated carbocycles. The first-order chi connectivity index (χ1) is 7.60. The first-order valence-electron chi connectivity index (χ1n) is 5.71. The number of hydrogen-bond donors (Lipinski definition) is 1. The molecule has 0 aromatic rings. The Bertz CT molecular complexity index is 259. The maximum absolute atomic E-state index is 10.4. The summed E-state index contributed by atoms with van der Waals surface area (Å²) in [5, 5.41) is 8.59. The molecule has 0 atom stereocenters. The molecule has 0 aromatic carbocycles. The Labute approximate surface area is 99.4 Å². The Hall–Kier alpha value is -1.09. The third-order valence-corrected chi connectivity index (χ3v) is 7.72. The predicted octanol–water partition coefficient (Wildman–Crippen LogP) is 3.86. The van der Waals surface area contributed by atoms with Crippen molar-refractivity contribution in [2.45, 2.75) is 37.5 Å². The zero-order chi connectivity index (χ0) is 12.4. The predicted molar refractivity (Wildman–Crippen MR) is 72.4 cm³/mol. The van der Waals surface area contributed by atoms with E-state index in [-0.39, 0.29) is 0 Å². The topological polar surface area (TPSA) is 37.3 Å². The van der Waals surface area contributed by atoms with E-state index in [9.17, 15) is 4.79 Å². The Morgan fingerprint density at radius 1 is 1.25 bits per heavy atom. The SMILES string of the molecule is C=CC[Si](CC=C)(CC=CC(=O)O)CCC. The van der Waals surface area contributed by atoms with Crippen LogP contribution in [0.5, 0.6) is 0 Å². The van der Waals surface area contributed by atoms with E-state index in [1.165, 1.54) is 12.1 Å². The molecule has 0 amide bonds. The van der Waals surface area contributed by atoms with E-state index >= 15 is 0 Å². The highest BCUT2D eigenvalue weighted by Gasteiger charge is 2.27. The molecule has 0 rings (SSSR count). The molecule has 0 radical (unpaired) electrons. The van der Waals surface area contributed by atoms with Gasteiger partial charge in [0.15, 0.2) is 0 Å². The van der Waals surface area contributed by atoms with Gasteiger partial charge in [0.1, 0.15) is 0 Å². The van der Waals surface area contributed by atoms with Crippen LogP contribution in [0.1, 0.15) is 13.3 Å². The minimum absolute atomic E-state index is 0.864. The van der Waals surface area contributed by atoms with Gasteiger partial charge in [-0.25, -0.2) is 4.79 Å². The number of carboxylic acid groups (broad SMARTS) is 1. The molecule has 2 nitrogen and oxygen atoms in total. The van der Waals surface area contributed by atoms with Crippen molar-refractivity contribution in [3.63, 3.8) is 0 Å². The van der Waals surface area contributed by atoms with Gasteiger partial charge in [0.05, 0.1) is 8.07 Å². The van der Waals surface area contributed by atoms with Gasteiger partial charge in [-0.1, -0.05) is 37.6 Å². The van der Waals surface area contributed by atoms with Crippen LogP contribution in [0.25, 0.3) is 0 Å². The van der Waals surface area contributed by atoms with Gasteiger partial charge in [-0.2, -0.15) is 0 Å². The summed E-state index contributed by atoms with van der Waals surface area (Å²) >= 11 is 0. The number of aliphatic carboxylic acids is 1. The quantitative estimate of drug-likeness (QED) is 0.376. The van der Waals surface area contributed by atoms with Crippen molar-refractivity contribution in [2.75, 3.05) is 0 Å². The largest absolute Gasteiger partial charge is 0.478 e. The second kappa shape index (κ2) is 8.10. The third-order valence-electron chi connectivity index (χ3n) is 2.75. The smallest absolute Gasteiger partial charge is 0.327 e. The standard InChI is InChI=1S/C13H22O2Si/c1-4-9-16(10-5-2,11-6-3)12-7-8-13(14)15/h4-5,7-8H,1-2,6,9-12H2,3H3,(H,14,15). The summed E-state index contributed by atoms with van der Waals surface area (Å²) in [6, 6.07) is 4.19. The van der Waals surface area contributed by atoms with E-state index in [0.717, 1.165) is 24.6 Å². The molecule has 0 aromatic heterocycles. The Balaban J connectivity index is 4.64. The summed E-state index contributed by atoms with van der Waals surface area (Å²) in [4.78, 5) is 10.4. The fourth-order valence-electron chi connectivity index (χ4n) is 2.11. The molecular weight excluding hydrogens is 216 g/mol. The molecule has 3 heteroatoms. The third kappa shape index (κ3) is 5.71. The average molecular weight is 238 g/mol. The van der Waals surface area contributed by atoms with Crippen molar-refractivity contribution >= 4 is 14.0 Å². The Morgan fingerprint density at radius 2 is 1.81 bits per heavy atom. The van der Waals surface area contributed by atoms with Gasteiger partial charge >= 0.3 is 5.97 Å².